The first-order chi connectivity index (χ1) is 11.9. The molecule has 9 heteroatoms. The molecule has 0 saturated carbocycles. The molecule has 1 atom stereocenters. The van der Waals surface area contributed by atoms with E-state index in [1.807, 2.05) is 6.92 Å². The van der Waals surface area contributed by atoms with E-state index in [-0.39, 0.29) is 0 Å². The second kappa shape index (κ2) is 5.07. The minimum Gasteiger partial charge on any atom is -0.456 e. The number of urea groups is 1. The highest BCUT2D eigenvalue weighted by atomic mass is 16.5. The van der Waals surface area contributed by atoms with Gasteiger partial charge in [0.1, 0.15) is 28.5 Å². The minimum absolute atomic E-state index is 0.313. The number of fused-ring (bicyclic) bond motifs is 1. The molecule has 3 aromatic rings. The number of carbonyl (C=O) groups excluding carboxylic acids is 2. The van der Waals surface area contributed by atoms with Crippen LogP contribution in [0.3, 0.4) is 0 Å². The number of aromatic nitrogens is 2. The predicted molar refractivity (Wildman–Crippen MR) is 87.3 cm³/mol. The second-order valence-corrected chi connectivity index (χ2v) is 6.05. The van der Waals surface area contributed by atoms with Crippen molar-refractivity contribution in [3.63, 3.8) is 0 Å². The van der Waals surface area contributed by atoms with E-state index in [0.29, 0.717) is 28.4 Å². The fraction of sp³-hybridized carbons (Fsp3) is 0.250. The van der Waals surface area contributed by atoms with Gasteiger partial charge in [-0.25, -0.2) is 9.78 Å². The van der Waals surface area contributed by atoms with Crippen molar-refractivity contribution in [2.45, 2.75) is 26.3 Å². The topological polar surface area (TPSA) is 122 Å². The number of rotatable bonds is 3. The number of pyridine rings is 1. The SMILES string of the molecule is Cc1noc(C)c1Nc1ccc2oc(C3(C)NC(=O)NC3=O)cc2n1. The van der Waals surface area contributed by atoms with Gasteiger partial charge in [0.05, 0.1) is 0 Å². The van der Waals surface area contributed by atoms with Crippen molar-refractivity contribution >= 4 is 34.5 Å². The lowest BCUT2D eigenvalue weighted by molar-refractivity contribution is -0.124. The van der Waals surface area contributed by atoms with Crippen LogP contribution in [0, 0.1) is 13.8 Å². The van der Waals surface area contributed by atoms with Crippen LogP contribution in [0.4, 0.5) is 16.3 Å². The maximum absolute atomic E-state index is 12.0. The molecule has 4 rings (SSSR count). The highest BCUT2D eigenvalue weighted by molar-refractivity contribution is 6.07. The van der Waals surface area contributed by atoms with E-state index in [0.717, 1.165) is 11.4 Å². The average Bonchev–Trinajstić information content (AvgIpc) is 3.20. The summed E-state index contributed by atoms with van der Waals surface area (Å²) in [7, 11) is 0. The Balaban J connectivity index is 1.71. The molecule has 0 spiro atoms. The van der Waals surface area contributed by atoms with Gasteiger partial charge in [-0.05, 0) is 32.9 Å². The maximum atomic E-state index is 12.0. The van der Waals surface area contributed by atoms with Crippen molar-refractivity contribution in [2.75, 3.05) is 5.32 Å². The molecule has 4 heterocycles. The van der Waals surface area contributed by atoms with Crippen molar-refractivity contribution in [3.05, 3.63) is 35.4 Å². The van der Waals surface area contributed by atoms with Crippen LogP contribution in [0.15, 0.2) is 27.1 Å². The third kappa shape index (κ3) is 2.32. The van der Waals surface area contributed by atoms with Crippen LogP contribution in [0.1, 0.15) is 24.1 Å². The Labute approximate surface area is 141 Å². The summed E-state index contributed by atoms with van der Waals surface area (Å²) in [4.78, 5) is 27.9. The number of furan rings is 1. The first kappa shape index (κ1) is 15.2. The van der Waals surface area contributed by atoms with Crippen LogP contribution in [0.5, 0.6) is 0 Å². The predicted octanol–water partition coefficient (Wildman–Crippen LogP) is 2.23. The first-order valence-electron chi connectivity index (χ1n) is 7.61. The van der Waals surface area contributed by atoms with Crippen LogP contribution in [-0.4, -0.2) is 22.1 Å². The number of anilines is 2. The summed E-state index contributed by atoms with van der Waals surface area (Å²) in [6.07, 6.45) is 0. The van der Waals surface area contributed by atoms with E-state index >= 15 is 0 Å². The number of hydrogen-bond acceptors (Lipinski definition) is 7. The molecule has 1 fully saturated rings. The third-order valence-electron chi connectivity index (χ3n) is 4.20. The monoisotopic (exact) mass is 341 g/mol. The number of aryl methyl sites for hydroxylation is 2. The largest absolute Gasteiger partial charge is 0.456 e. The maximum Gasteiger partial charge on any atom is 0.322 e. The number of carbonyl (C=O) groups is 2. The van der Waals surface area contributed by atoms with Crippen LogP contribution in [0.25, 0.3) is 11.1 Å². The minimum atomic E-state index is -1.26. The Bertz CT molecular complexity index is 1000. The quantitative estimate of drug-likeness (QED) is 0.624. The summed E-state index contributed by atoms with van der Waals surface area (Å²) in [6, 6.07) is 4.57. The van der Waals surface area contributed by atoms with Gasteiger partial charge >= 0.3 is 6.03 Å². The van der Waals surface area contributed by atoms with E-state index in [1.165, 1.54) is 0 Å². The zero-order valence-corrected chi connectivity index (χ0v) is 13.8. The van der Waals surface area contributed by atoms with Gasteiger partial charge in [0, 0.05) is 6.07 Å². The van der Waals surface area contributed by atoms with Gasteiger partial charge in [0.25, 0.3) is 5.91 Å². The Morgan fingerprint density at radius 2 is 2.04 bits per heavy atom. The van der Waals surface area contributed by atoms with Gasteiger partial charge in [0.2, 0.25) is 0 Å². The second-order valence-electron chi connectivity index (χ2n) is 6.05. The molecule has 3 amide bonds. The Kier molecular flexibility index (Phi) is 3.08. The highest BCUT2D eigenvalue weighted by Gasteiger charge is 2.46. The van der Waals surface area contributed by atoms with E-state index in [9.17, 15) is 9.59 Å². The van der Waals surface area contributed by atoms with Crippen LogP contribution in [-0.2, 0) is 10.3 Å². The van der Waals surface area contributed by atoms with Gasteiger partial charge in [-0.1, -0.05) is 5.16 Å². The van der Waals surface area contributed by atoms with Crippen molar-refractivity contribution in [1.82, 2.24) is 20.8 Å². The Morgan fingerprint density at radius 1 is 1.24 bits per heavy atom. The molecule has 25 heavy (non-hydrogen) atoms. The molecule has 0 radical (unpaired) electrons. The van der Waals surface area contributed by atoms with E-state index in [2.05, 4.69) is 26.1 Å². The number of nitrogens with one attached hydrogen (secondary N) is 3. The fourth-order valence-corrected chi connectivity index (χ4v) is 2.75. The van der Waals surface area contributed by atoms with Gasteiger partial charge in [-0.2, -0.15) is 0 Å². The van der Waals surface area contributed by atoms with E-state index in [4.69, 9.17) is 8.94 Å². The van der Waals surface area contributed by atoms with Crippen LogP contribution in [0.2, 0.25) is 0 Å². The fourth-order valence-electron chi connectivity index (χ4n) is 2.75. The first-order valence-corrected chi connectivity index (χ1v) is 7.61. The number of nitrogens with zero attached hydrogens (tertiary/aromatic N) is 2. The molecule has 3 aromatic heterocycles. The molecule has 3 N–H and O–H groups in total. The van der Waals surface area contributed by atoms with Crippen molar-refractivity contribution < 1.29 is 18.5 Å². The van der Waals surface area contributed by atoms with Gasteiger partial charge in [0.15, 0.2) is 16.9 Å². The van der Waals surface area contributed by atoms with Gasteiger partial charge in [-0.15, -0.1) is 0 Å². The zero-order chi connectivity index (χ0) is 17.8. The summed E-state index contributed by atoms with van der Waals surface area (Å²) in [6.45, 7) is 5.21. The third-order valence-corrected chi connectivity index (χ3v) is 4.20. The number of imide groups is 1. The van der Waals surface area contributed by atoms with Crippen LogP contribution < -0.4 is 16.0 Å². The molecule has 0 aromatic carbocycles. The smallest absolute Gasteiger partial charge is 0.322 e. The molecular formula is C16H15N5O4. The molecule has 9 nitrogen and oxygen atoms in total. The van der Waals surface area contributed by atoms with Crippen molar-refractivity contribution in [1.29, 1.82) is 0 Å². The molecule has 128 valence electrons. The van der Waals surface area contributed by atoms with E-state index < -0.39 is 17.5 Å². The summed E-state index contributed by atoms with van der Waals surface area (Å²) in [5, 5.41) is 11.8. The lowest BCUT2D eigenvalue weighted by Gasteiger charge is -2.16. The highest BCUT2D eigenvalue weighted by Crippen LogP contribution is 2.31. The van der Waals surface area contributed by atoms with Gasteiger partial charge < -0.3 is 19.6 Å². The Morgan fingerprint density at radius 3 is 2.68 bits per heavy atom. The molecule has 0 aliphatic carbocycles. The van der Waals surface area contributed by atoms with Gasteiger partial charge in [-0.3, -0.25) is 10.1 Å². The lowest BCUT2D eigenvalue weighted by Crippen LogP contribution is -2.40. The standard InChI is InChI=1S/C16H15N5O4/c1-7-13(8(2)25-21-7)18-12-5-4-10-9(17-12)6-11(24-10)16(3)14(22)19-15(23)20-16/h4-6H,1-3H3,(H,17,18)(H2,19,20,22,23). The van der Waals surface area contributed by atoms with E-state index in [1.54, 1.807) is 32.0 Å². The molecule has 0 bridgehead atoms. The summed E-state index contributed by atoms with van der Waals surface area (Å²) in [5.74, 6) is 1.09. The van der Waals surface area contributed by atoms with Crippen LogP contribution >= 0.6 is 0 Å². The van der Waals surface area contributed by atoms with Crippen molar-refractivity contribution in [3.8, 4) is 0 Å². The molecule has 1 unspecified atom stereocenters. The molecule has 1 aliphatic heterocycles. The Hall–Kier alpha value is -3.36. The molecular weight excluding hydrogens is 326 g/mol. The molecule has 1 saturated heterocycles. The number of hydrogen-bond donors (Lipinski definition) is 3. The zero-order valence-electron chi connectivity index (χ0n) is 13.8. The lowest BCUT2D eigenvalue weighted by atomic mass is 10.00. The normalized spacial score (nSPS) is 20.0. The van der Waals surface area contributed by atoms with Crippen molar-refractivity contribution in [2.24, 2.45) is 0 Å². The summed E-state index contributed by atoms with van der Waals surface area (Å²) in [5.41, 5.74) is 1.29. The summed E-state index contributed by atoms with van der Waals surface area (Å²) < 4.78 is 10.8. The average molecular weight is 341 g/mol. The number of amides is 3. The molecule has 1 aliphatic rings. The summed E-state index contributed by atoms with van der Waals surface area (Å²) >= 11 is 0.